The van der Waals surface area contributed by atoms with E-state index in [1.165, 1.54) is 29.2 Å². The molecule has 0 unspecified atom stereocenters. The molecular weight excluding hydrogens is 480 g/mol. The highest BCUT2D eigenvalue weighted by atomic mass is 35.5. The smallest absolute Gasteiger partial charge is 0.328 e. The first-order valence-electron chi connectivity index (χ1n) is 11.0. The van der Waals surface area contributed by atoms with Crippen molar-refractivity contribution >= 4 is 45.2 Å². The molecule has 4 rings (SSSR count). The number of carbonyl (C=O) groups is 3. The Morgan fingerprint density at radius 1 is 1.09 bits per heavy atom. The zero-order valence-electron chi connectivity index (χ0n) is 18.3. The molecule has 0 spiro atoms. The molecule has 0 bridgehead atoms. The number of hydrogen-bond acceptors (Lipinski definition) is 5. The van der Waals surface area contributed by atoms with Gasteiger partial charge in [-0.05, 0) is 48.7 Å². The van der Waals surface area contributed by atoms with Crippen LogP contribution in [0.3, 0.4) is 0 Å². The van der Waals surface area contributed by atoms with E-state index in [1.54, 1.807) is 18.2 Å². The molecule has 3 N–H and O–H groups in total. The lowest BCUT2D eigenvalue weighted by atomic mass is 9.96. The Labute approximate surface area is 202 Å². The molecular formula is C23H25ClN4O5S. The van der Waals surface area contributed by atoms with E-state index in [9.17, 15) is 22.8 Å². The summed E-state index contributed by atoms with van der Waals surface area (Å²) in [6, 6.07) is 9.76. The van der Waals surface area contributed by atoms with Crippen LogP contribution in [0.15, 0.2) is 47.4 Å². The van der Waals surface area contributed by atoms with Crippen LogP contribution in [0.2, 0.25) is 5.02 Å². The molecule has 1 aliphatic heterocycles. The molecule has 1 aliphatic carbocycles. The van der Waals surface area contributed by atoms with Crippen molar-refractivity contribution in [2.75, 3.05) is 11.6 Å². The summed E-state index contributed by atoms with van der Waals surface area (Å²) in [4.78, 5) is 38.6. The van der Waals surface area contributed by atoms with Crippen molar-refractivity contribution in [2.24, 2.45) is 0 Å². The van der Waals surface area contributed by atoms with Gasteiger partial charge in [-0.25, -0.2) is 17.9 Å². The second-order valence-electron chi connectivity index (χ2n) is 8.39. The van der Waals surface area contributed by atoms with Crippen LogP contribution in [-0.2, 0) is 21.2 Å². The largest absolute Gasteiger partial charge is 0.335 e. The number of sulfonamides is 1. The fourth-order valence-corrected chi connectivity index (χ4v) is 5.37. The van der Waals surface area contributed by atoms with E-state index in [0.717, 1.165) is 32.1 Å². The number of anilines is 1. The summed E-state index contributed by atoms with van der Waals surface area (Å²) in [5.41, 5.74) is 1.17. The normalized spacial score (nSPS) is 16.4. The fourth-order valence-electron chi connectivity index (χ4n) is 4.21. The van der Waals surface area contributed by atoms with Gasteiger partial charge in [0.1, 0.15) is 0 Å². The van der Waals surface area contributed by atoms with E-state index >= 15 is 0 Å². The monoisotopic (exact) mass is 504 g/mol. The highest BCUT2D eigenvalue weighted by Gasteiger charge is 2.28. The third-order valence-electron chi connectivity index (χ3n) is 5.92. The number of amides is 4. The average Bonchev–Trinajstić information content (AvgIpc) is 2.80. The van der Waals surface area contributed by atoms with Crippen molar-refractivity contribution in [1.82, 2.24) is 15.4 Å². The molecule has 0 saturated heterocycles. The number of urea groups is 1. The minimum Gasteiger partial charge on any atom is -0.335 e. The SMILES string of the molecule is O=C(NC1CCCCC1)NS(=O)(=O)c1cccc(CC(=O)N2CNC(=O)c3cc(Cl)ccc32)c1. The Morgan fingerprint density at radius 3 is 2.62 bits per heavy atom. The van der Waals surface area contributed by atoms with Crippen LogP contribution in [0.25, 0.3) is 0 Å². The summed E-state index contributed by atoms with van der Waals surface area (Å²) in [5, 5.41) is 5.72. The number of rotatable bonds is 5. The van der Waals surface area contributed by atoms with Crippen molar-refractivity contribution < 1.29 is 22.8 Å². The van der Waals surface area contributed by atoms with Gasteiger partial charge < -0.3 is 10.6 Å². The van der Waals surface area contributed by atoms with Gasteiger partial charge >= 0.3 is 6.03 Å². The summed E-state index contributed by atoms with van der Waals surface area (Å²) in [7, 11) is -4.11. The maximum absolute atomic E-state index is 13.0. The summed E-state index contributed by atoms with van der Waals surface area (Å²) in [6.45, 7) is -0.00676. The van der Waals surface area contributed by atoms with Crippen LogP contribution in [0, 0.1) is 0 Å². The van der Waals surface area contributed by atoms with Crippen molar-refractivity contribution in [3.63, 3.8) is 0 Å². The van der Waals surface area contributed by atoms with E-state index in [0.29, 0.717) is 16.3 Å². The Bertz CT molecular complexity index is 1230. The van der Waals surface area contributed by atoms with E-state index in [-0.39, 0.29) is 41.4 Å². The van der Waals surface area contributed by atoms with Crippen LogP contribution >= 0.6 is 11.6 Å². The number of carbonyl (C=O) groups excluding carboxylic acids is 3. The second kappa shape index (κ2) is 10.0. The lowest BCUT2D eigenvalue weighted by Gasteiger charge is -2.29. The molecule has 0 aromatic heterocycles. The number of nitrogens with zero attached hydrogens (tertiary/aromatic N) is 1. The predicted octanol–water partition coefficient (Wildman–Crippen LogP) is 2.94. The summed E-state index contributed by atoms with van der Waals surface area (Å²) >= 11 is 5.97. The van der Waals surface area contributed by atoms with Crippen molar-refractivity contribution in [3.8, 4) is 0 Å². The molecule has 0 radical (unpaired) electrons. The molecule has 0 atom stereocenters. The molecule has 1 heterocycles. The third-order valence-corrected chi connectivity index (χ3v) is 7.49. The summed E-state index contributed by atoms with van der Waals surface area (Å²) < 4.78 is 27.5. The second-order valence-corrected chi connectivity index (χ2v) is 10.5. The number of fused-ring (bicyclic) bond motifs is 1. The van der Waals surface area contributed by atoms with Crippen LogP contribution in [0.1, 0.15) is 48.0 Å². The zero-order chi connectivity index (χ0) is 24.3. The van der Waals surface area contributed by atoms with Gasteiger partial charge in [-0.3, -0.25) is 14.5 Å². The average molecular weight is 505 g/mol. The Morgan fingerprint density at radius 2 is 1.85 bits per heavy atom. The summed E-state index contributed by atoms with van der Waals surface area (Å²) in [5.74, 6) is -0.659. The standard InChI is InChI=1S/C23H25ClN4O5S/c24-16-9-10-20-19(13-16)22(30)25-14-28(20)21(29)12-15-5-4-8-18(11-15)34(32,33)27-23(31)26-17-6-2-1-3-7-17/h4-5,8-11,13,17H,1-3,6-7,12,14H2,(H,25,30)(H2,26,27,31). The molecule has 4 amide bonds. The van der Waals surface area contributed by atoms with Crippen LogP contribution in [-0.4, -0.2) is 39.0 Å². The first-order chi connectivity index (χ1) is 16.2. The minimum atomic E-state index is -4.11. The van der Waals surface area contributed by atoms with Gasteiger partial charge in [0.15, 0.2) is 0 Å². The molecule has 2 aliphatic rings. The molecule has 2 aromatic carbocycles. The topological polar surface area (TPSA) is 125 Å². The highest BCUT2D eigenvalue weighted by Crippen LogP contribution is 2.27. The van der Waals surface area contributed by atoms with Crippen molar-refractivity contribution in [3.05, 3.63) is 58.6 Å². The van der Waals surface area contributed by atoms with E-state index in [1.807, 2.05) is 0 Å². The van der Waals surface area contributed by atoms with Gasteiger partial charge in [-0.15, -0.1) is 0 Å². The molecule has 1 fully saturated rings. The lowest BCUT2D eigenvalue weighted by Crippen LogP contribution is -2.47. The fraction of sp³-hybridized carbons (Fsp3) is 0.348. The van der Waals surface area contributed by atoms with E-state index < -0.39 is 16.1 Å². The molecule has 1 saturated carbocycles. The van der Waals surface area contributed by atoms with Gasteiger partial charge in [-0.1, -0.05) is 43.0 Å². The first kappa shape index (κ1) is 24.0. The van der Waals surface area contributed by atoms with Crippen LogP contribution < -0.4 is 20.3 Å². The van der Waals surface area contributed by atoms with Gasteiger partial charge in [0.05, 0.1) is 29.2 Å². The Balaban J connectivity index is 1.45. The lowest BCUT2D eigenvalue weighted by molar-refractivity contribution is -0.118. The molecule has 11 heteroatoms. The van der Waals surface area contributed by atoms with Crippen molar-refractivity contribution in [1.29, 1.82) is 0 Å². The Hall–Kier alpha value is -3.11. The van der Waals surface area contributed by atoms with Crippen molar-refractivity contribution in [2.45, 2.75) is 49.5 Å². The maximum Gasteiger partial charge on any atom is 0.328 e. The highest BCUT2D eigenvalue weighted by molar-refractivity contribution is 7.90. The third kappa shape index (κ3) is 5.51. The molecule has 180 valence electrons. The predicted molar refractivity (Wildman–Crippen MR) is 127 cm³/mol. The van der Waals surface area contributed by atoms with Crippen LogP contribution in [0.5, 0.6) is 0 Å². The molecule has 9 nitrogen and oxygen atoms in total. The number of hydrogen-bond donors (Lipinski definition) is 3. The first-order valence-corrected chi connectivity index (χ1v) is 12.9. The zero-order valence-corrected chi connectivity index (χ0v) is 19.9. The van der Waals surface area contributed by atoms with Crippen LogP contribution in [0.4, 0.5) is 10.5 Å². The minimum absolute atomic E-state index is 0.00676. The maximum atomic E-state index is 13.0. The van der Waals surface area contributed by atoms with E-state index in [4.69, 9.17) is 11.6 Å². The van der Waals surface area contributed by atoms with E-state index in [2.05, 4.69) is 15.4 Å². The summed E-state index contributed by atoms with van der Waals surface area (Å²) in [6.07, 6.45) is 4.69. The van der Waals surface area contributed by atoms with Gasteiger partial charge in [0.2, 0.25) is 5.91 Å². The number of halogens is 1. The van der Waals surface area contributed by atoms with Gasteiger partial charge in [-0.2, -0.15) is 0 Å². The van der Waals surface area contributed by atoms with Gasteiger partial charge in [0.25, 0.3) is 15.9 Å². The van der Waals surface area contributed by atoms with Gasteiger partial charge in [0, 0.05) is 11.1 Å². The number of benzene rings is 2. The molecule has 2 aromatic rings. The Kier molecular flexibility index (Phi) is 7.08. The quantitative estimate of drug-likeness (QED) is 0.577. The number of nitrogens with one attached hydrogen (secondary N) is 3. The molecule has 34 heavy (non-hydrogen) atoms.